The van der Waals surface area contributed by atoms with Crippen LogP contribution in [0.3, 0.4) is 0 Å². The van der Waals surface area contributed by atoms with E-state index in [9.17, 15) is 33.6 Å². The molecule has 0 amide bonds. The SMILES string of the molecule is OC[C@H]1O[C@]2(OCOc3cc(Cl)c(Cc4ccc(OCC(F)(F)F)cc4)cc32)[C@H](O)[C@@H](O)[C@@H]1O. The number of aliphatic hydroxyl groups is 4. The molecule has 4 N–H and O–H groups in total. The van der Waals surface area contributed by atoms with Gasteiger partial charge < -0.3 is 39.4 Å². The summed E-state index contributed by atoms with van der Waals surface area (Å²) in [6, 6.07) is 9.00. The van der Waals surface area contributed by atoms with Crippen molar-refractivity contribution >= 4 is 11.6 Å². The van der Waals surface area contributed by atoms with Gasteiger partial charge in [-0.05, 0) is 41.8 Å². The van der Waals surface area contributed by atoms with Crippen LogP contribution in [0.25, 0.3) is 0 Å². The standard InChI is InChI=1S/C22H22ClF3O8/c23-15-7-16-14(22(33-10-32-16)20(30)19(29)18(28)17(8-27)34-22)6-12(15)5-11-1-3-13(4-2-11)31-9-21(24,25)26/h1-4,6-7,17-20,27-30H,5,8-10H2/t17-,18-,19+,20-,22+/m1/s1. The normalized spacial score (nSPS) is 28.9. The maximum atomic E-state index is 12.3. The second-order valence-electron chi connectivity index (χ2n) is 8.00. The highest BCUT2D eigenvalue weighted by molar-refractivity contribution is 6.31. The smallest absolute Gasteiger partial charge is 0.422 e. The molecule has 186 valence electrons. The van der Waals surface area contributed by atoms with Crippen LogP contribution in [0.2, 0.25) is 5.02 Å². The van der Waals surface area contributed by atoms with E-state index < -0.39 is 49.6 Å². The molecule has 0 radical (unpaired) electrons. The molecule has 0 aromatic heterocycles. The third kappa shape index (κ3) is 4.82. The molecule has 2 aliphatic rings. The summed E-state index contributed by atoms with van der Waals surface area (Å²) < 4.78 is 58.5. The van der Waals surface area contributed by atoms with Gasteiger partial charge in [0.25, 0.3) is 0 Å². The van der Waals surface area contributed by atoms with Crippen molar-refractivity contribution in [3.05, 3.63) is 58.1 Å². The van der Waals surface area contributed by atoms with Crippen LogP contribution in [0.5, 0.6) is 11.5 Å². The predicted molar refractivity (Wildman–Crippen MR) is 110 cm³/mol. The average molecular weight is 507 g/mol. The molecule has 12 heteroatoms. The lowest BCUT2D eigenvalue weighted by molar-refractivity contribution is -0.389. The van der Waals surface area contributed by atoms with Gasteiger partial charge in [-0.1, -0.05) is 23.7 Å². The van der Waals surface area contributed by atoms with Gasteiger partial charge in [-0.3, -0.25) is 0 Å². The zero-order valence-corrected chi connectivity index (χ0v) is 18.3. The Morgan fingerprint density at radius 1 is 1.09 bits per heavy atom. The van der Waals surface area contributed by atoms with E-state index >= 15 is 0 Å². The number of hydrogen-bond acceptors (Lipinski definition) is 8. The number of rotatable bonds is 5. The van der Waals surface area contributed by atoms with Crippen LogP contribution < -0.4 is 9.47 Å². The van der Waals surface area contributed by atoms with Gasteiger partial charge in [0.2, 0.25) is 5.79 Å². The Bertz CT molecular complexity index is 1020. The summed E-state index contributed by atoms with van der Waals surface area (Å²) in [5, 5.41) is 41.1. The van der Waals surface area contributed by atoms with Crippen LogP contribution in [0.1, 0.15) is 16.7 Å². The van der Waals surface area contributed by atoms with Crippen LogP contribution >= 0.6 is 11.6 Å². The van der Waals surface area contributed by atoms with E-state index in [1.807, 2.05) is 0 Å². The molecule has 4 rings (SSSR count). The van der Waals surface area contributed by atoms with Crippen molar-refractivity contribution in [3.63, 3.8) is 0 Å². The number of aliphatic hydroxyl groups excluding tert-OH is 4. The number of ether oxygens (including phenoxy) is 4. The Kier molecular flexibility index (Phi) is 6.98. The predicted octanol–water partition coefficient (Wildman–Crippen LogP) is 1.86. The van der Waals surface area contributed by atoms with Crippen LogP contribution in [-0.2, 0) is 21.7 Å². The summed E-state index contributed by atoms with van der Waals surface area (Å²) in [5.74, 6) is -1.66. The molecular weight excluding hydrogens is 485 g/mol. The molecule has 2 aromatic rings. The van der Waals surface area contributed by atoms with Gasteiger partial charge in [0.1, 0.15) is 35.9 Å². The van der Waals surface area contributed by atoms with Crippen molar-refractivity contribution in [2.45, 2.75) is 42.8 Å². The molecule has 2 heterocycles. The van der Waals surface area contributed by atoms with Crippen LogP contribution in [0.15, 0.2) is 36.4 Å². The van der Waals surface area contributed by atoms with E-state index in [4.69, 9.17) is 30.5 Å². The lowest BCUT2D eigenvalue weighted by Gasteiger charge is -2.49. The molecule has 8 nitrogen and oxygen atoms in total. The van der Waals surface area contributed by atoms with Gasteiger partial charge in [-0.2, -0.15) is 13.2 Å². The van der Waals surface area contributed by atoms with Gasteiger partial charge in [0.15, 0.2) is 13.4 Å². The minimum atomic E-state index is -4.44. The quantitative estimate of drug-likeness (QED) is 0.485. The van der Waals surface area contributed by atoms with Gasteiger partial charge in [0, 0.05) is 5.02 Å². The summed E-state index contributed by atoms with van der Waals surface area (Å²) in [6.45, 7) is -2.39. The molecule has 0 bridgehead atoms. The van der Waals surface area contributed by atoms with Crippen molar-refractivity contribution in [3.8, 4) is 11.5 Å². The zero-order valence-electron chi connectivity index (χ0n) is 17.5. The summed E-state index contributed by atoms with van der Waals surface area (Å²) >= 11 is 6.41. The second-order valence-corrected chi connectivity index (χ2v) is 8.41. The fraction of sp³-hybridized carbons (Fsp3) is 0.455. The Morgan fingerprint density at radius 2 is 1.79 bits per heavy atom. The first kappa shape index (κ1) is 25.0. The molecule has 1 spiro atoms. The molecule has 0 saturated carbocycles. The maximum absolute atomic E-state index is 12.3. The molecule has 2 aromatic carbocycles. The molecule has 2 aliphatic heterocycles. The number of alkyl halides is 3. The minimum Gasteiger partial charge on any atom is -0.484 e. The summed E-state index contributed by atoms with van der Waals surface area (Å²) in [7, 11) is 0. The van der Waals surface area contributed by atoms with Crippen molar-refractivity contribution < 1.29 is 52.5 Å². The third-order valence-corrected chi connectivity index (χ3v) is 6.03. The summed E-state index contributed by atoms with van der Waals surface area (Å²) in [4.78, 5) is 0. The van der Waals surface area contributed by atoms with Crippen LogP contribution in [0, 0.1) is 0 Å². The van der Waals surface area contributed by atoms with E-state index in [1.165, 1.54) is 18.2 Å². The molecule has 1 fully saturated rings. The Labute approximate surface area is 197 Å². The summed E-state index contributed by atoms with van der Waals surface area (Å²) in [6.07, 6.45) is -10.4. The highest BCUT2D eigenvalue weighted by Gasteiger charge is 2.58. The van der Waals surface area contributed by atoms with Gasteiger partial charge in [-0.25, -0.2) is 0 Å². The van der Waals surface area contributed by atoms with Gasteiger partial charge >= 0.3 is 6.18 Å². The second kappa shape index (κ2) is 9.50. The van der Waals surface area contributed by atoms with Crippen LogP contribution in [-0.4, -0.2) is 71.0 Å². The highest BCUT2D eigenvalue weighted by Crippen LogP contribution is 2.47. The molecule has 0 unspecified atom stereocenters. The Morgan fingerprint density at radius 3 is 2.44 bits per heavy atom. The average Bonchev–Trinajstić information content (AvgIpc) is 2.80. The van der Waals surface area contributed by atoms with Crippen molar-refractivity contribution in [2.75, 3.05) is 20.0 Å². The fourth-order valence-electron chi connectivity index (χ4n) is 3.96. The summed E-state index contributed by atoms with van der Waals surface area (Å²) in [5.41, 5.74) is 1.43. The molecule has 5 atom stereocenters. The lowest BCUT2D eigenvalue weighted by Crippen LogP contribution is -2.65. The maximum Gasteiger partial charge on any atom is 0.422 e. The monoisotopic (exact) mass is 506 g/mol. The van der Waals surface area contributed by atoms with Crippen LogP contribution in [0.4, 0.5) is 13.2 Å². The first-order chi connectivity index (χ1) is 16.0. The number of fused-ring (bicyclic) bond motifs is 2. The van der Waals surface area contributed by atoms with Crippen molar-refractivity contribution in [2.24, 2.45) is 0 Å². The van der Waals surface area contributed by atoms with E-state index in [2.05, 4.69) is 0 Å². The van der Waals surface area contributed by atoms with Crippen molar-refractivity contribution in [1.82, 2.24) is 0 Å². The first-order valence-electron chi connectivity index (χ1n) is 10.2. The first-order valence-corrected chi connectivity index (χ1v) is 10.6. The largest absolute Gasteiger partial charge is 0.484 e. The number of halogens is 4. The Hall–Kier alpha value is -2.12. The van der Waals surface area contributed by atoms with E-state index in [0.717, 1.165) is 0 Å². The van der Waals surface area contributed by atoms with E-state index in [1.54, 1.807) is 18.2 Å². The molecule has 34 heavy (non-hydrogen) atoms. The van der Waals surface area contributed by atoms with E-state index in [-0.39, 0.29) is 30.3 Å². The zero-order chi connectivity index (χ0) is 24.7. The van der Waals surface area contributed by atoms with E-state index in [0.29, 0.717) is 16.1 Å². The third-order valence-electron chi connectivity index (χ3n) is 5.68. The topological polar surface area (TPSA) is 118 Å². The fourth-order valence-corrected chi connectivity index (χ4v) is 4.18. The number of benzene rings is 2. The van der Waals surface area contributed by atoms with Crippen molar-refractivity contribution in [1.29, 1.82) is 0 Å². The molecule has 1 saturated heterocycles. The number of hydrogen-bond donors (Lipinski definition) is 4. The lowest BCUT2D eigenvalue weighted by atomic mass is 9.86. The van der Waals surface area contributed by atoms with Gasteiger partial charge in [0.05, 0.1) is 12.2 Å². The van der Waals surface area contributed by atoms with Gasteiger partial charge in [-0.15, -0.1) is 0 Å². The Balaban J connectivity index is 1.62. The molecule has 0 aliphatic carbocycles. The highest BCUT2D eigenvalue weighted by atomic mass is 35.5. The minimum absolute atomic E-state index is 0.0553. The molecular formula is C22H22ClF3O8.